The van der Waals surface area contributed by atoms with E-state index in [1.807, 2.05) is 32.0 Å². The molecular formula is C51H79N9O6S. The Labute approximate surface area is 403 Å². The van der Waals surface area contributed by atoms with E-state index in [1.165, 1.54) is 24.3 Å². The number of carbonyl (C=O) groups is 4. The first-order chi connectivity index (χ1) is 32.0. The normalized spacial score (nSPS) is 17.8. The zero-order valence-electron chi connectivity index (χ0n) is 42.3. The van der Waals surface area contributed by atoms with E-state index in [2.05, 4.69) is 74.8 Å². The highest BCUT2D eigenvalue weighted by Gasteiger charge is 2.30. The zero-order valence-corrected chi connectivity index (χ0v) is 43.1. The SMILES string of the molecule is CC(C)C1CCN(C(=O)c2ccnn2C)CC1.CC(C)C1CCN(C(=O)c2cnsc2)CC1.Cc1ocnc1C(=O)N1CCC(C(C)C)CC1.Cc1ocnc1C(=O)N1CCC(C(C)C)CC1. The van der Waals surface area contributed by atoms with Crippen LogP contribution in [0.4, 0.5) is 0 Å². The number of carbonyl (C=O) groups excluding carboxylic acids is 4. The standard InChI is InChI=1S/C13H21N3O.2C13H20N2O2.C12H18N2OS/c1-10(2)11-5-8-16(9-6-11)13(17)12-4-7-14-15(12)3;2*1-9(2)11-4-6-15(7-5-11)13(16)12-10(3)17-8-14-12;1-9(2)10-3-5-14(6-4-10)12(15)11-7-13-16-8-11/h4,7,10-11H,5-6,8-9H2,1-3H3;2*8-9,11H,4-7H2,1-3H3;7-10H,3-6H2,1-2H3. The highest BCUT2D eigenvalue weighted by molar-refractivity contribution is 7.03. The highest BCUT2D eigenvalue weighted by atomic mass is 32.1. The van der Waals surface area contributed by atoms with Gasteiger partial charge < -0.3 is 28.4 Å². The third-order valence-electron chi connectivity index (χ3n) is 14.7. The van der Waals surface area contributed by atoms with Crippen LogP contribution in [0, 0.1) is 61.2 Å². The van der Waals surface area contributed by atoms with Crippen LogP contribution >= 0.6 is 11.5 Å². The second-order valence-corrected chi connectivity index (χ2v) is 20.9. The maximum absolute atomic E-state index is 12.2. The lowest BCUT2D eigenvalue weighted by Crippen LogP contribution is -2.40. The Balaban J connectivity index is 0.000000167. The van der Waals surface area contributed by atoms with Gasteiger partial charge in [-0.1, -0.05) is 55.4 Å². The molecule has 4 saturated heterocycles. The summed E-state index contributed by atoms with van der Waals surface area (Å²) in [5.74, 6) is 7.44. The second kappa shape index (κ2) is 25.5. The summed E-state index contributed by atoms with van der Waals surface area (Å²) < 4.78 is 15.8. The summed E-state index contributed by atoms with van der Waals surface area (Å²) in [5, 5.41) is 5.88. The minimum absolute atomic E-state index is 0.0125. The zero-order chi connectivity index (χ0) is 48.8. The lowest BCUT2D eigenvalue weighted by Gasteiger charge is -2.33. The van der Waals surface area contributed by atoms with Gasteiger partial charge in [-0.15, -0.1) is 0 Å². The van der Waals surface area contributed by atoms with Crippen molar-refractivity contribution in [2.24, 2.45) is 54.4 Å². The van der Waals surface area contributed by atoms with Crippen molar-refractivity contribution in [3.05, 3.63) is 70.8 Å². The fourth-order valence-corrected chi connectivity index (χ4v) is 10.1. The molecule has 0 aliphatic carbocycles. The van der Waals surface area contributed by atoms with Gasteiger partial charge in [0, 0.05) is 71.0 Å². The Kier molecular flexibility index (Phi) is 20.2. The quantitative estimate of drug-likeness (QED) is 0.166. The average molecular weight is 946 g/mol. The van der Waals surface area contributed by atoms with E-state index < -0.39 is 0 Å². The van der Waals surface area contributed by atoms with E-state index in [9.17, 15) is 19.2 Å². The molecule has 4 aliphatic rings. The number of rotatable bonds is 8. The molecule has 4 amide bonds. The van der Waals surface area contributed by atoms with E-state index in [0.29, 0.717) is 40.4 Å². The maximum atomic E-state index is 12.2. The van der Waals surface area contributed by atoms with Crippen LogP contribution in [0.15, 0.2) is 45.5 Å². The maximum Gasteiger partial charge on any atom is 0.276 e. The predicted octanol–water partition coefficient (Wildman–Crippen LogP) is 9.56. The van der Waals surface area contributed by atoms with Crippen LogP contribution in [0.2, 0.25) is 0 Å². The van der Waals surface area contributed by atoms with Crippen molar-refractivity contribution in [1.29, 1.82) is 0 Å². The molecule has 0 atom stereocenters. The summed E-state index contributed by atoms with van der Waals surface area (Å²) in [6.45, 7) is 28.6. The molecule has 0 aromatic carbocycles. The van der Waals surface area contributed by atoms with Gasteiger partial charge in [0.15, 0.2) is 24.2 Å². The van der Waals surface area contributed by atoms with Crippen LogP contribution < -0.4 is 0 Å². The minimum Gasteiger partial charge on any atom is -0.448 e. The summed E-state index contributed by atoms with van der Waals surface area (Å²) in [6.07, 6.45) is 14.9. The van der Waals surface area contributed by atoms with Crippen LogP contribution in [0.3, 0.4) is 0 Å². The predicted molar refractivity (Wildman–Crippen MR) is 262 cm³/mol. The summed E-state index contributed by atoms with van der Waals surface area (Å²) in [7, 11) is 1.81. The molecule has 8 heterocycles. The fraction of sp³-hybridized carbons (Fsp3) is 0.686. The number of oxazole rings is 2. The minimum atomic E-state index is 0.0125. The number of hydrogen-bond donors (Lipinski definition) is 0. The summed E-state index contributed by atoms with van der Waals surface area (Å²) in [6, 6.07) is 1.79. The van der Waals surface area contributed by atoms with Gasteiger partial charge in [0.1, 0.15) is 17.2 Å². The van der Waals surface area contributed by atoms with Gasteiger partial charge in [0.25, 0.3) is 23.6 Å². The molecule has 15 nitrogen and oxygen atoms in total. The average Bonchev–Trinajstić information content (AvgIpc) is 4.19. The van der Waals surface area contributed by atoms with Crippen molar-refractivity contribution >= 4 is 35.2 Å². The van der Waals surface area contributed by atoms with E-state index in [4.69, 9.17) is 8.83 Å². The van der Waals surface area contributed by atoms with Gasteiger partial charge in [-0.05, 0) is 130 Å². The van der Waals surface area contributed by atoms with Crippen LogP contribution in [0.1, 0.15) is 160 Å². The van der Waals surface area contributed by atoms with Gasteiger partial charge >= 0.3 is 0 Å². The van der Waals surface area contributed by atoms with Crippen molar-refractivity contribution in [2.75, 3.05) is 52.4 Å². The van der Waals surface area contributed by atoms with Crippen molar-refractivity contribution in [3.63, 3.8) is 0 Å². The largest absolute Gasteiger partial charge is 0.448 e. The molecule has 4 fully saturated rings. The van der Waals surface area contributed by atoms with Gasteiger partial charge in [-0.2, -0.15) is 5.10 Å². The molecule has 0 saturated carbocycles. The first kappa shape index (κ1) is 53.1. The molecule has 370 valence electrons. The van der Waals surface area contributed by atoms with E-state index in [-0.39, 0.29) is 23.6 Å². The Morgan fingerprint density at radius 2 is 0.896 bits per heavy atom. The Bertz CT molecular complexity index is 1930. The Hall–Kier alpha value is -4.86. The molecule has 0 radical (unpaired) electrons. The number of piperidine rings is 4. The van der Waals surface area contributed by atoms with Crippen LogP contribution in [0.5, 0.6) is 0 Å². The van der Waals surface area contributed by atoms with Crippen molar-refractivity contribution < 1.29 is 28.0 Å². The third kappa shape index (κ3) is 14.8. The van der Waals surface area contributed by atoms with Gasteiger partial charge in [0.2, 0.25) is 0 Å². The summed E-state index contributed by atoms with van der Waals surface area (Å²) in [4.78, 5) is 64.3. The van der Waals surface area contributed by atoms with E-state index in [0.717, 1.165) is 145 Å². The highest BCUT2D eigenvalue weighted by Crippen LogP contribution is 2.29. The number of amides is 4. The molecule has 0 unspecified atom stereocenters. The first-order valence-corrected chi connectivity index (χ1v) is 25.6. The lowest BCUT2D eigenvalue weighted by atomic mass is 9.86. The van der Waals surface area contributed by atoms with Gasteiger partial charge in [0.05, 0.1) is 11.8 Å². The topological polar surface area (TPSA) is 164 Å². The molecule has 0 N–H and O–H groups in total. The Morgan fingerprint density at radius 3 is 1.16 bits per heavy atom. The molecule has 4 aromatic rings. The number of hydrogen-bond acceptors (Lipinski definition) is 11. The first-order valence-electron chi connectivity index (χ1n) is 24.8. The smallest absolute Gasteiger partial charge is 0.276 e. The van der Waals surface area contributed by atoms with Crippen molar-refractivity contribution in [3.8, 4) is 0 Å². The molecule has 4 aliphatic heterocycles. The van der Waals surface area contributed by atoms with Crippen LogP contribution in [0.25, 0.3) is 0 Å². The van der Waals surface area contributed by atoms with Crippen molar-refractivity contribution in [2.45, 2.75) is 121 Å². The fourth-order valence-electron chi connectivity index (χ4n) is 9.64. The monoisotopic (exact) mass is 946 g/mol. The van der Waals surface area contributed by atoms with E-state index >= 15 is 0 Å². The lowest BCUT2D eigenvalue weighted by molar-refractivity contribution is 0.0651. The number of likely N-dealkylation sites (tertiary alicyclic amines) is 4. The molecule has 0 spiro atoms. The van der Waals surface area contributed by atoms with Gasteiger partial charge in [-0.3, -0.25) is 23.9 Å². The molecule has 0 bridgehead atoms. The second-order valence-electron chi connectivity index (χ2n) is 20.3. The number of aryl methyl sites for hydroxylation is 3. The molecule has 8 rings (SSSR count). The summed E-state index contributed by atoms with van der Waals surface area (Å²) >= 11 is 1.34. The number of nitrogens with zero attached hydrogens (tertiary/aromatic N) is 9. The van der Waals surface area contributed by atoms with Crippen molar-refractivity contribution in [1.82, 2.24) is 43.7 Å². The summed E-state index contributed by atoms with van der Waals surface area (Å²) in [5.41, 5.74) is 2.36. The Morgan fingerprint density at radius 1 is 0.552 bits per heavy atom. The van der Waals surface area contributed by atoms with E-state index in [1.54, 1.807) is 37.0 Å². The van der Waals surface area contributed by atoms with Gasteiger partial charge in [-0.25, -0.2) is 14.3 Å². The molecule has 67 heavy (non-hydrogen) atoms. The molecular weight excluding hydrogens is 867 g/mol. The molecule has 16 heteroatoms. The number of aromatic nitrogens is 5. The van der Waals surface area contributed by atoms with Crippen LogP contribution in [-0.2, 0) is 7.05 Å². The third-order valence-corrected chi connectivity index (χ3v) is 15.3. The van der Waals surface area contributed by atoms with Crippen LogP contribution in [-0.4, -0.2) is 120 Å². The molecule has 4 aromatic heterocycles.